The minimum absolute atomic E-state index is 0.0310. The predicted octanol–water partition coefficient (Wildman–Crippen LogP) is 4.23. The van der Waals surface area contributed by atoms with E-state index in [-0.39, 0.29) is 16.7 Å². The highest BCUT2D eigenvalue weighted by Crippen LogP contribution is 2.40. The van der Waals surface area contributed by atoms with E-state index in [4.69, 9.17) is 0 Å². The molecule has 0 unspecified atom stereocenters. The highest BCUT2D eigenvalue weighted by atomic mass is 16.3. The Kier molecular flexibility index (Phi) is 6.32. The van der Waals surface area contributed by atoms with Crippen LogP contribution >= 0.6 is 0 Å². The molecule has 3 aromatic rings. The average molecular weight is 475 g/mol. The van der Waals surface area contributed by atoms with Crippen molar-refractivity contribution in [2.45, 2.75) is 46.1 Å². The second kappa shape index (κ2) is 8.96. The number of amides is 1. The van der Waals surface area contributed by atoms with Gasteiger partial charge in [-0.2, -0.15) is 0 Å². The van der Waals surface area contributed by atoms with Gasteiger partial charge in [-0.3, -0.25) is 14.0 Å². The molecule has 1 saturated heterocycles. The fraction of sp³-hybridized carbons (Fsp3) is 0.393. The molecule has 35 heavy (non-hydrogen) atoms. The van der Waals surface area contributed by atoms with Crippen LogP contribution in [0.2, 0.25) is 0 Å². The Morgan fingerprint density at radius 1 is 1.09 bits per heavy atom. The lowest BCUT2D eigenvalue weighted by Gasteiger charge is -2.27. The topological polar surface area (TPSA) is 78.1 Å². The van der Waals surface area contributed by atoms with E-state index >= 15 is 0 Å². The number of rotatable bonds is 5. The number of likely N-dealkylation sites (tertiary alicyclic amines) is 1. The van der Waals surface area contributed by atoms with Gasteiger partial charge in [-0.25, -0.2) is 4.98 Å². The SMILES string of the molecule is Cc1nc2c(C)cccn2c1C(O)=C1C(=O)C(=O)N(CCN(C)C)[C@H]1c1ccc(C(C)(C)C)cc1. The Morgan fingerprint density at radius 3 is 2.34 bits per heavy atom. The molecule has 7 heteroatoms. The van der Waals surface area contributed by atoms with Gasteiger partial charge in [0.25, 0.3) is 11.7 Å². The smallest absolute Gasteiger partial charge is 0.295 e. The van der Waals surface area contributed by atoms with Crippen LogP contribution in [0.3, 0.4) is 0 Å². The summed E-state index contributed by atoms with van der Waals surface area (Å²) < 4.78 is 1.78. The number of carbonyl (C=O) groups excluding carboxylic acids is 2. The Morgan fingerprint density at radius 2 is 1.74 bits per heavy atom. The number of likely N-dealkylation sites (N-methyl/N-ethyl adjacent to an activating group) is 1. The van der Waals surface area contributed by atoms with Crippen LogP contribution < -0.4 is 0 Å². The summed E-state index contributed by atoms with van der Waals surface area (Å²) >= 11 is 0. The molecular weight excluding hydrogens is 440 g/mol. The molecule has 1 amide bonds. The van der Waals surface area contributed by atoms with Crippen LogP contribution in [0, 0.1) is 13.8 Å². The number of aliphatic hydroxyl groups is 1. The van der Waals surface area contributed by atoms with Gasteiger partial charge in [0.15, 0.2) is 5.76 Å². The number of hydrogen-bond donors (Lipinski definition) is 1. The molecule has 1 aromatic carbocycles. The van der Waals surface area contributed by atoms with Crippen LogP contribution in [0.1, 0.15) is 54.9 Å². The molecule has 1 fully saturated rings. The molecule has 0 saturated carbocycles. The van der Waals surface area contributed by atoms with Crippen molar-refractivity contribution in [2.75, 3.05) is 27.2 Å². The maximum Gasteiger partial charge on any atom is 0.295 e. The van der Waals surface area contributed by atoms with Gasteiger partial charge in [-0.1, -0.05) is 51.1 Å². The number of carbonyl (C=O) groups is 2. The van der Waals surface area contributed by atoms with Gasteiger partial charge >= 0.3 is 0 Å². The number of pyridine rings is 1. The fourth-order valence-electron chi connectivity index (χ4n) is 4.66. The zero-order valence-electron chi connectivity index (χ0n) is 21.6. The first-order valence-corrected chi connectivity index (χ1v) is 11.9. The fourth-order valence-corrected chi connectivity index (χ4v) is 4.66. The van der Waals surface area contributed by atoms with Gasteiger partial charge in [-0.05, 0) is 56.1 Å². The van der Waals surface area contributed by atoms with E-state index in [0.717, 1.165) is 16.7 Å². The standard InChI is InChI=1S/C28H34N4O3/c1-17-9-8-14-31-22(18(2)29-26(17)31)24(33)21-23(19-10-12-20(13-11-19)28(3,4)5)32(16-15-30(6)7)27(35)25(21)34/h8-14,23,33H,15-16H2,1-7H3/t23-/m0/s1. The summed E-state index contributed by atoms with van der Waals surface area (Å²) in [6.45, 7) is 11.1. The third-order valence-electron chi connectivity index (χ3n) is 6.66. The van der Waals surface area contributed by atoms with Crippen LogP contribution in [0.25, 0.3) is 11.4 Å². The van der Waals surface area contributed by atoms with Crippen molar-refractivity contribution in [3.8, 4) is 0 Å². The maximum atomic E-state index is 13.4. The van der Waals surface area contributed by atoms with E-state index < -0.39 is 17.7 Å². The van der Waals surface area contributed by atoms with E-state index in [1.165, 1.54) is 0 Å². The van der Waals surface area contributed by atoms with Crippen molar-refractivity contribution in [1.29, 1.82) is 0 Å². The van der Waals surface area contributed by atoms with Crippen LogP contribution in [0.5, 0.6) is 0 Å². The summed E-state index contributed by atoms with van der Waals surface area (Å²) in [4.78, 5) is 34.7. The van der Waals surface area contributed by atoms with E-state index in [0.29, 0.717) is 30.1 Å². The lowest BCUT2D eigenvalue weighted by atomic mass is 9.85. The monoisotopic (exact) mass is 474 g/mol. The molecule has 2 aromatic heterocycles. The number of benzene rings is 1. The number of fused-ring (bicyclic) bond motifs is 1. The molecule has 0 aliphatic carbocycles. The Hall–Kier alpha value is -3.45. The quantitative estimate of drug-likeness (QED) is 0.340. The Labute approximate surface area is 206 Å². The molecule has 184 valence electrons. The number of aryl methyl sites for hydroxylation is 2. The zero-order valence-corrected chi connectivity index (χ0v) is 21.6. The molecule has 3 heterocycles. The van der Waals surface area contributed by atoms with Gasteiger partial charge in [0.05, 0.1) is 17.3 Å². The van der Waals surface area contributed by atoms with Crippen LogP contribution in [-0.4, -0.2) is 63.2 Å². The summed E-state index contributed by atoms with van der Waals surface area (Å²) in [6.07, 6.45) is 1.81. The Bertz CT molecular complexity index is 1330. The first kappa shape index (κ1) is 24.7. The van der Waals surface area contributed by atoms with Crippen molar-refractivity contribution in [3.05, 3.63) is 76.2 Å². The molecule has 1 N–H and O–H groups in total. The molecule has 0 spiro atoms. The summed E-state index contributed by atoms with van der Waals surface area (Å²) in [5.74, 6) is -1.47. The van der Waals surface area contributed by atoms with Crippen molar-refractivity contribution in [3.63, 3.8) is 0 Å². The van der Waals surface area contributed by atoms with Crippen molar-refractivity contribution >= 4 is 23.1 Å². The number of aliphatic hydroxyl groups excluding tert-OH is 1. The zero-order chi connectivity index (χ0) is 25.7. The van der Waals surface area contributed by atoms with Gasteiger partial charge < -0.3 is 14.9 Å². The lowest BCUT2D eigenvalue weighted by molar-refractivity contribution is -0.140. The first-order valence-electron chi connectivity index (χ1n) is 11.9. The molecular formula is C28H34N4O3. The normalized spacial score (nSPS) is 18.3. The summed E-state index contributed by atoms with van der Waals surface area (Å²) in [5.41, 5.74) is 4.71. The highest BCUT2D eigenvalue weighted by Gasteiger charge is 2.46. The second-order valence-corrected chi connectivity index (χ2v) is 10.6. The van der Waals surface area contributed by atoms with Crippen LogP contribution in [0.4, 0.5) is 0 Å². The largest absolute Gasteiger partial charge is 0.505 e. The van der Waals surface area contributed by atoms with E-state index in [9.17, 15) is 14.7 Å². The van der Waals surface area contributed by atoms with Crippen molar-refractivity contribution in [2.24, 2.45) is 0 Å². The third kappa shape index (κ3) is 4.36. The number of Topliss-reactive ketones (excluding diaryl/α,β-unsaturated/α-hetero) is 1. The Balaban J connectivity index is 1.92. The minimum atomic E-state index is -0.682. The molecule has 7 nitrogen and oxygen atoms in total. The molecule has 0 bridgehead atoms. The van der Waals surface area contributed by atoms with E-state index in [1.54, 1.807) is 16.2 Å². The van der Waals surface area contributed by atoms with Crippen LogP contribution in [-0.2, 0) is 15.0 Å². The van der Waals surface area contributed by atoms with Gasteiger partial charge in [0.2, 0.25) is 0 Å². The van der Waals surface area contributed by atoms with E-state index in [2.05, 4.69) is 25.8 Å². The number of ketones is 1. The van der Waals surface area contributed by atoms with E-state index in [1.807, 2.05) is 68.5 Å². The average Bonchev–Trinajstić information content (AvgIpc) is 3.26. The molecule has 1 aliphatic rings. The van der Waals surface area contributed by atoms with Crippen molar-refractivity contribution < 1.29 is 14.7 Å². The minimum Gasteiger partial charge on any atom is -0.505 e. The molecule has 0 radical (unpaired) electrons. The maximum absolute atomic E-state index is 13.4. The van der Waals surface area contributed by atoms with Gasteiger partial charge in [0.1, 0.15) is 11.3 Å². The van der Waals surface area contributed by atoms with Gasteiger partial charge in [-0.15, -0.1) is 0 Å². The third-order valence-corrected chi connectivity index (χ3v) is 6.66. The summed E-state index contributed by atoms with van der Waals surface area (Å²) in [7, 11) is 3.85. The first-order chi connectivity index (χ1) is 16.4. The number of hydrogen-bond acceptors (Lipinski definition) is 5. The highest BCUT2D eigenvalue weighted by molar-refractivity contribution is 6.46. The predicted molar refractivity (Wildman–Crippen MR) is 137 cm³/mol. The molecule has 1 atom stereocenters. The number of nitrogens with zero attached hydrogens (tertiary/aromatic N) is 4. The second-order valence-electron chi connectivity index (χ2n) is 10.6. The molecule has 4 rings (SSSR count). The van der Waals surface area contributed by atoms with Crippen LogP contribution in [0.15, 0.2) is 48.2 Å². The van der Waals surface area contributed by atoms with Crippen molar-refractivity contribution in [1.82, 2.24) is 19.2 Å². The number of imidazole rings is 1. The lowest BCUT2D eigenvalue weighted by Crippen LogP contribution is -2.35. The summed E-state index contributed by atoms with van der Waals surface area (Å²) in [6, 6.07) is 11.1. The summed E-state index contributed by atoms with van der Waals surface area (Å²) in [5, 5.41) is 11.6. The van der Waals surface area contributed by atoms with Gasteiger partial charge in [0, 0.05) is 19.3 Å². The molecule has 1 aliphatic heterocycles. The number of aromatic nitrogens is 2.